The molecule has 0 N–H and O–H groups in total. The summed E-state index contributed by atoms with van der Waals surface area (Å²) in [5.74, 6) is -4.61. The molecule has 0 radical (unpaired) electrons. The average Bonchev–Trinajstić information content (AvgIpc) is 2.90. The first-order valence-corrected chi connectivity index (χ1v) is 12.8. The summed E-state index contributed by atoms with van der Waals surface area (Å²) < 4.78 is 130. The van der Waals surface area contributed by atoms with Gasteiger partial charge in [-0.25, -0.2) is 17.6 Å². The van der Waals surface area contributed by atoms with Crippen LogP contribution in [0.2, 0.25) is 0 Å². The molecule has 0 amide bonds. The number of ether oxygens (including phenoxy) is 1. The first-order chi connectivity index (χ1) is 20.2. The van der Waals surface area contributed by atoms with Gasteiger partial charge in [0.15, 0.2) is 0 Å². The molecular weight excluding hydrogens is 583 g/mol. The van der Waals surface area contributed by atoms with Gasteiger partial charge in [-0.2, -0.15) is 22.0 Å². The smallest absolute Gasteiger partial charge is 0.429 e. The zero-order chi connectivity index (χ0) is 31.1. The summed E-state index contributed by atoms with van der Waals surface area (Å²) in [4.78, 5) is 0. The molecule has 220 valence electrons. The lowest BCUT2D eigenvalue weighted by atomic mass is 9.99. The molecule has 0 saturated heterocycles. The number of halogens is 9. The summed E-state index contributed by atoms with van der Waals surface area (Å²) in [5, 5.41) is 1.23. The van der Waals surface area contributed by atoms with Gasteiger partial charge in [-0.05, 0) is 83.4 Å². The van der Waals surface area contributed by atoms with E-state index in [2.05, 4.69) is 4.74 Å². The van der Waals surface area contributed by atoms with Crippen LogP contribution < -0.4 is 4.74 Å². The fourth-order valence-electron chi connectivity index (χ4n) is 4.73. The Morgan fingerprint density at radius 3 is 2.00 bits per heavy atom. The Morgan fingerprint density at radius 1 is 0.651 bits per heavy atom. The second-order valence-electron chi connectivity index (χ2n) is 9.92. The molecule has 0 aliphatic heterocycles. The Morgan fingerprint density at radius 2 is 1.30 bits per heavy atom. The maximum atomic E-state index is 15.0. The standard InChI is InChI=1S/C33H19F9O/c1-18-2-6-22-13-19(5-7-21(22)12-18)3-4-20-14-28(35)30(29(36)15-20)33(41,42)43-24-8-9-25-23(16-24)17-27(34)26(31(25)37)10-11-32(38,39)40/h2,5-9,12-17H,3-4H2,1H3. The first-order valence-electron chi connectivity index (χ1n) is 12.8. The van der Waals surface area contributed by atoms with Crippen molar-refractivity contribution in [3.63, 3.8) is 0 Å². The van der Waals surface area contributed by atoms with Crippen molar-refractivity contribution >= 4 is 21.5 Å². The van der Waals surface area contributed by atoms with Crippen LogP contribution in [0.15, 0.2) is 72.8 Å². The normalized spacial score (nSPS) is 12.0. The van der Waals surface area contributed by atoms with E-state index in [9.17, 15) is 39.5 Å². The summed E-state index contributed by atoms with van der Waals surface area (Å²) in [7, 11) is 0. The highest BCUT2D eigenvalue weighted by Crippen LogP contribution is 2.37. The molecule has 0 bridgehead atoms. The third kappa shape index (κ3) is 6.56. The first kappa shape index (κ1) is 29.8. The van der Waals surface area contributed by atoms with Crippen molar-refractivity contribution in [1.82, 2.24) is 0 Å². The van der Waals surface area contributed by atoms with Crippen molar-refractivity contribution in [3.05, 3.63) is 124 Å². The van der Waals surface area contributed by atoms with Crippen molar-refractivity contribution in [2.45, 2.75) is 32.1 Å². The van der Waals surface area contributed by atoms with Gasteiger partial charge in [0.2, 0.25) is 0 Å². The van der Waals surface area contributed by atoms with Crippen molar-refractivity contribution in [2.75, 3.05) is 0 Å². The molecule has 43 heavy (non-hydrogen) atoms. The lowest BCUT2D eigenvalue weighted by molar-refractivity contribution is -0.189. The van der Waals surface area contributed by atoms with Crippen LogP contribution in [0.25, 0.3) is 21.5 Å². The molecule has 0 aliphatic carbocycles. The van der Waals surface area contributed by atoms with E-state index in [-0.39, 0.29) is 17.4 Å². The van der Waals surface area contributed by atoms with Crippen LogP contribution in [-0.2, 0) is 19.0 Å². The third-order valence-electron chi connectivity index (χ3n) is 6.73. The van der Waals surface area contributed by atoms with Gasteiger partial charge in [-0.3, -0.25) is 0 Å². The minimum atomic E-state index is -5.00. The Kier molecular flexibility index (Phi) is 7.78. The quantitative estimate of drug-likeness (QED) is 0.139. The van der Waals surface area contributed by atoms with Crippen LogP contribution in [0.1, 0.15) is 27.8 Å². The van der Waals surface area contributed by atoms with Crippen LogP contribution >= 0.6 is 0 Å². The lowest BCUT2D eigenvalue weighted by Crippen LogP contribution is -2.25. The number of rotatable bonds is 6. The van der Waals surface area contributed by atoms with Gasteiger partial charge < -0.3 is 4.74 Å². The Hall–Kier alpha value is -4.65. The SMILES string of the molecule is Cc1ccc2cc(CCc3cc(F)c(C(F)(F)Oc4ccc5c(F)c(C#CC(F)(F)F)c(F)cc5c4)c(F)c3)ccc2c1. The monoisotopic (exact) mass is 602 g/mol. The number of benzene rings is 5. The molecule has 0 aromatic heterocycles. The predicted octanol–water partition coefficient (Wildman–Crippen LogP) is 9.69. The summed E-state index contributed by atoms with van der Waals surface area (Å²) in [6.07, 6.45) is -8.99. The van der Waals surface area contributed by atoms with Gasteiger partial charge in [-0.15, -0.1) is 0 Å². The Labute approximate surface area is 239 Å². The van der Waals surface area contributed by atoms with E-state index < -0.39 is 57.8 Å². The highest BCUT2D eigenvalue weighted by atomic mass is 19.4. The van der Waals surface area contributed by atoms with E-state index in [0.29, 0.717) is 12.5 Å². The summed E-state index contributed by atoms with van der Waals surface area (Å²) >= 11 is 0. The molecule has 0 heterocycles. The van der Waals surface area contributed by atoms with Gasteiger partial charge in [0.25, 0.3) is 0 Å². The highest BCUT2D eigenvalue weighted by Gasteiger charge is 2.41. The fraction of sp³-hybridized carbons (Fsp3) is 0.152. The van der Waals surface area contributed by atoms with Gasteiger partial charge in [0, 0.05) is 11.3 Å². The largest absolute Gasteiger partial charge is 0.458 e. The molecule has 0 atom stereocenters. The summed E-state index contributed by atoms with van der Waals surface area (Å²) in [6.45, 7) is 1.97. The van der Waals surface area contributed by atoms with E-state index in [1.807, 2.05) is 43.3 Å². The number of alkyl halides is 5. The fourth-order valence-corrected chi connectivity index (χ4v) is 4.73. The zero-order valence-electron chi connectivity index (χ0n) is 22.2. The summed E-state index contributed by atoms with van der Waals surface area (Å²) in [6, 6.07) is 16.2. The number of fused-ring (bicyclic) bond motifs is 2. The molecule has 0 spiro atoms. The van der Waals surface area contributed by atoms with E-state index in [1.165, 1.54) is 5.92 Å². The van der Waals surface area contributed by atoms with Crippen LogP contribution in [-0.4, -0.2) is 6.18 Å². The zero-order valence-corrected chi connectivity index (χ0v) is 22.2. The summed E-state index contributed by atoms with van der Waals surface area (Å²) in [5.41, 5.74) is -0.697. The number of aryl methyl sites for hydroxylation is 3. The molecule has 0 aliphatic rings. The Bertz CT molecular complexity index is 1910. The Balaban J connectivity index is 1.36. The van der Waals surface area contributed by atoms with Gasteiger partial charge in [-0.1, -0.05) is 47.9 Å². The van der Waals surface area contributed by atoms with Crippen molar-refractivity contribution in [2.24, 2.45) is 0 Å². The van der Waals surface area contributed by atoms with Gasteiger partial charge >= 0.3 is 12.3 Å². The average molecular weight is 602 g/mol. The molecule has 0 unspecified atom stereocenters. The molecule has 0 saturated carbocycles. The predicted molar refractivity (Wildman–Crippen MR) is 144 cm³/mol. The molecule has 5 aromatic rings. The van der Waals surface area contributed by atoms with Gasteiger partial charge in [0.05, 0.1) is 5.56 Å². The van der Waals surface area contributed by atoms with Crippen molar-refractivity contribution in [1.29, 1.82) is 0 Å². The highest BCUT2D eigenvalue weighted by molar-refractivity contribution is 5.86. The number of hydrogen-bond acceptors (Lipinski definition) is 1. The van der Waals surface area contributed by atoms with Crippen LogP contribution in [0.5, 0.6) is 5.75 Å². The second-order valence-corrected chi connectivity index (χ2v) is 9.92. The van der Waals surface area contributed by atoms with Crippen molar-refractivity contribution < 1.29 is 44.3 Å². The molecule has 1 nitrogen and oxygen atoms in total. The molecular formula is C33H19F9O. The van der Waals surface area contributed by atoms with E-state index in [0.717, 1.165) is 58.2 Å². The van der Waals surface area contributed by atoms with Crippen LogP contribution in [0, 0.1) is 42.0 Å². The lowest BCUT2D eigenvalue weighted by Gasteiger charge is -2.20. The van der Waals surface area contributed by atoms with Crippen LogP contribution in [0.3, 0.4) is 0 Å². The second kappa shape index (κ2) is 11.2. The molecule has 5 rings (SSSR count). The van der Waals surface area contributed by atoms with E-state index in [4.69, 9.17) is 0 Å². The molecule has 0 fully saturated rings. The van der Waals surface area contributed by atoms with Gasteiger partial charge in [0.1, 0.15) is 34.6 Å². The van der Waals surface area contributed by atoms with E-state index in [1.54, 1.807) is 0 Å². The third-order valence-corrected chi connectivity index (χ3v) is 6.73. The maximum Gasteiger partial charge on any atom is 0.458 e. The van der Waals surface area contributed by atoms with E-state index >= 15 is 0 Å². The number of hydrogen-bond donors (Lipinski definition) is 0. The minimum Gasteiger partial charge on any atom is -0.429 e. The maximum absolute atomic E-state index is 15.0. The topological polar surface area (TPSA) is 9.23 Å². The van der Waals surface area contributed by atoms with Crippen molar-refractivity contribution in [3.8, 4) is 17.6 Å². The molecule has 5 aromatic carbocycles. The molecule has 10 heteroatoms. The van der Waals surface area contributed by atoms with Crippen LogP contribution in [0.4, 0.5) is 39.5 Å². The minimum absolute atomic E-state index is 0.139.